The van der Waals surface area contributed by atoms with Gasteiger partial charge in [0.05, 0.1) is 0 Å². The lowest BCUT2D eigenvalue weighted by atomic mass is 10.2. The van der Waals surface area contributed by atoms with Crippen LogP contribution in [0, 0.1) is 0 Å². The summed E-state index contributed by atoms with van der Waals surface area (Å²) in [4.78, 5) is 4.02. The zero-order valence-electron chi connectivity index (χ0n) is 11.4. The third kappa shape index (κ3) is 5.60. The van der Waals surface area contributed by atoms with Crippen LogP contribution in [0.5, 0.6) is 0 Å². The Morgan fingerprint density at radius 3 is 2.63 bits per heavy atom. The standard InChI is InChI=1S/C13H18BrFN2OS/c1-9(17-19(18)13(2,3)4)11(15)7-10-5-6-12(14)16-8-10/h5-9,17H,1-4H3/b11-7-/t9-,19+/m0/s1. The first kappa shape index (κ1) is 16.6. The highest BCUT2D eigenvalue weighted by Gasteiger charge is 2.28. The Bertz CT molecular complexity index is 445. The van der Waals surface area contributed by atoms with E-state index in [9.17, 15) is 8.94 Å². The van der Waals surface area contributed by atoms with Crippen LogP contribution < -0.4 is 4.72 Å². The van der Waals surface area contributed by atoms with E-state index in [0.29, 0.717) is 10.2 Å². The van der Waals surface area contributed by atoms with Crippen LogP contribution in [0.2, 0.25) is 0 Å². The third-order valence-electron chi connectivity index (χ3n) is 2.31. The molecular weight excluding hydrogens is 331 g/mol. The van der Waals surface area contributed by atoms with Crippen molar-refractivity contribution in [3.05, 3.63) is 34.3 Å². The zero-order chi connectivity index (χ0) is 14.6. The summed E-state index contributed by atoms with van der Waals surface area (Å²) in [5, 5.41) is 0. The maximum absolute atomic E-state index is 14.0. The van der Waals surface area contributed by atoms with Gasteiger partial charge in [0.2, 0.25) is 0 Å². The second-order valence-electron chi connectivity index (χ2n) is 5.16. The van der Waals surface area contributed by atoms with Crippen LogP contribution in [0.25, 0.3) is 6.08 Å². The Labute approximate surface area is 125 Å². The minimum Gasteiger partial charge on any atom is -0.598 e. The topological polar surface area (TPSA) is 48.0 Å². The Balaban J connectivity index is 2.71. The summed E-state index contributed by atoms with van der Waals surface area (Å²) in [7, 11) is 0. The van der Waals surface area contributed by atoms with E-state index in [1.165, 1.54) is 6.08 Å². The number of halogens is 2. The van der Waals surface area contributed by atoms with Gasteiger partial charge in [0, 0.05) is 17.6 Å². The summed E-state index contributed by atoms with van der Waals surface area (Å²) in [6, 6.07) is 2.89. The van der Waals surface area contributed by atoms with Gasteiger partial charge in [0.1, 0.15) is 21.2 Å². The van der Waals surface area contributed by atoms with Crippen molar-refractivity contribution in [3.63, 3.8) is 0 Å². The molecule has 1 N–H and O–H groups in total. The first-order valence-electron chi connectivity index (χ1n) is 5.87. The summed E-state index contributed by atoms with van der Waals surface area (Å²) in [6.45, 7) is 7.15. The van der Waals surface area contributed by atoms with Gasteiger partial charge < -0.3 is 4.55 Å². The quantitative estimate of drug-likeness (QED) is 0.668. The van der Waals surface area contributed by atoms with Crippen molar-refractivity contribution in [1.82, 2.24) is 9.71 Å². The molecule has 0 saturated carbocycles. The van der Waals surface area contributed by atoms with Crippen LogP contribution in [0.15, 0.2) is 28.8 Å². The zero-order valence-corrected chi connectivity index (χ0v) is 13.8. The molecule has 0 unspecified atom stereocenters. The lowest BCUT2D eigenvalue weighted by Crippen LogP contribution is -2.43. The van der Waals surface area contributed by atoms with Gasteiger partial charge in [-0.2, -0.15) is 0 Å². The number of aromatic nitrogens is 1. The molecule has 0 aliphatic rings. The molecule has 1 aromatic heterocycles. The van der Waals surface area contributed by atoms with Crippen molar-refractivity contribution in [3.8, 4) is 0 Å². The maximum Gasteiger partial charge on any atom is 0.136 e. The van der Waals surface area contributed by atoms with Gasteiger partial charge in [-0.15, -0.1) is 4.72 Å². The minimum absolute atomic E-state index is 0.373. The summed E-state index contributed by atoms with van der Waals surface area (Å²) in [6.07, 6.45) is 2.95. The molecule has 1 aromatic rings. The monoisotopic (exact) mass is 348 g/mol. The van der Waals surface area contributed by atoms with Crippen LogP contribution in [0.3, 0.4) is 0 Å². The van der Waals surface area contributed by atoms with Crippen LogP contribution in [0.4, 0.5) is 4.39 Å². The van der Waals surface area contributed by atoms with Gasteiger partial charge in [0.15, 0.2) is 0 Å². The van der Waals surface area contributed by atoms with Gasteiger partial charge >= 0.3 is 0 Å². The number of pyridine rings is 1. The predicted molar refractivity (Wildman–Crippen MR) is 81.5 cm³/mol. The summed E-state index contributed by atoms with van der Waals surface area (Å²) in [5.41, 5.74) is 0.663. The van der Waals surface area contributed by atoms with Crippen LogP contribution >= 0.6 is 15.9 Å². The van der Waals surface area contributed by atoms with Crippen LogP contribution in [0.1, 0.15) is 33.3 Å². The SMILES string of the molecule is C[C@H](N[S@+]([O-])C(C)(C)C)/C(F)=C/c1ccc(Br)nc1. The van der Waals surface area contributed by atoms with Crippen molar-refractivity contribution in [2.75, 3.05) is 0 Å². The molecule has 0 aliphatic heterocycles. The Kier molecular flexibility index (Phi) is 5.98. The van der Waals surface area contributed by atoms with Gasteiger partial charge in [-0.05, 0) is 61.3 Å². The molecule has 6 heteroatoms. The van der Waals surface area contributed by atoms with E-state index in [0.717, 1.165) is 0 Å². The van der Waals surface area contributed by atoms with Crippen molar-refractivity contribution >= 4 is 33.4 Å². The number of nitrogens with zero attached hydrogens (tertiary/aromatic N) is 1. The van der Waals surface area contributed by atoms with E-state index >= 15 is 0 Å². The molecule has 3 nitrogen and oxygen atoms in total. The lowest BCUT2D eigenvalue weighted by Gasteiger charge is -2.25. The van der Waals surface area contributed by atoms with Crippen molar-refractivity contribution < 1.29 is 8.94 Å². The largest absolute Gasteiger partial charge is 0.598 e. The van der Waals surface area contributed by atoms with E-state index in [1.807, 2.05) is 20.8 Å². The third-order valence-corrected chi connectivity index (χ3v) is 4.46. The second-order valence-corrected chi connectivity index (χ2v) is 7.97. The van der Waals surface area contributed by atoms with Crippen molar-refractivity contribution in [2.24, 2.45) is 0 Å². The Morgan fingerprint density at radius 1 is 1.53 bits per heavy atom. The molecule has 0 spiro atoms. The lowest BCUT2D eigenvalue weighted by molar-refractivity contribution is 0.505. The van der Waals surface area contributed by atoms with Gasteiger partial charge in [-0.3, -0.25) is 0 Å². The molecule has 0 saturated heterocycles. The molecular formula is C13H18BrFN2OS. The molecule has 2 atom stereocenters. The highest BCUT2D eigenvalue weighted by molar-refractivity contribution is 9.10. The van der Waals surface area contributed by atoms with Gasteiger partial charge in [-0.25, -0.2) is 9.37 Å². The highest BCUT2D eigenvalue weighted by atomic mass is 79.9. The molecule has 0 radical (unpaired) electrons. The Hall–Kier alpha value is -0.430. The van der Waals surface area contributed by atoms with E-state index in [-0.39, 0.29) is 5.83 Å². The highest BCUT2D eigenvalue weighted by Crippen LogP contribution is 2.17. The summed E-state index contributed by atoms with van der Waals surface area (Å²) in [5.74, 6) is -0.373. The molecule has 0 fully saturated rings. The fourth-order valence-corrected chi connectivity index (χ4v) is 2.17. The summed E-state index contributed by atoms with van der Waals surface area (Å²) < 4.78 is 28.8. The minimum atomic E-state index is -1.30. The molecule has 19 heavy (non-hydrogen) atoms. The van der Waals surface area contributed by atoms with E-state index in [2.05, 4.69) is 25.6 Å². The fraction of sp³-hybridized carbons (Fsp3) is 0.462. The smallest absolute Gasteiger partial charge is 0.136 e. The number of rotatable bonds is 4. The molecule has 0 aliphatic carbocycles. The molecule has 0 bridgehead atoms. The molecule has 0 aromatic carbocycles. The molecule has 106 valence electrons. The second kappa shape index (κ2) is 6.83. The first-order chi connectivity index (χ1) is 8.70. The Morgan fingerprint density at radius 2 is 2.16 bits per heavy atom. The number of hydrogen-bond donors (Lipinski definition) is 1. The van der Waals surface area contributed by atoms with Gasteiger partial charge in [0.25, 0.3) is 0 Å². The van der Waals surface area contributed by atoms with E-state index < -0.39 is 22.2 Å². The van der Waals surface area contributed by atoms with Crippen LogP contribution in [-0.2, 0) is 11.4 Å². The predicted octanol–water partition coefficient (Wildman–Crippen LogP) is 3.59. The van der Waals surface area contributed by atoms with Crippen molar-refractivity contribution in [1.29, 1.82) is 0 Å². The van der Waals surface area contributed by atoms with Gasteiger partial charge in [-0.1, -0.05) is 6.07 Å². The van der Waals surface area contributed by atoms with E-state index in [4.69, 9.17) is 0 Å². The van der Waals surface area contributed by atoms with Crippen LogP contribution in [-0.4, -0.2) is 20.3 Å². The normalized spacial score (nSPS) is 16.3. The fourth-order valence-electron chi connectivity index (χ4n) is 1.15. The summed E-state index contributed by atoms with van der Waals surface area (Å²) >= 11 is 1.91. The maximum atomic E-state index is 14.0. The average Bonchev–Trinajstić information content (AvgIpc) is 2.30. The molecule has 1 heterocycles. The van der Waals surface area contributed by atoms with Crippen molar-refractivity contribution in [2.45, 2.75) is 38.5 Å². The van der Waals surface area contributed by atoms with E-state index in [1.54, 1.807) is 25.3 Å². The molecule has 1 rings (SSSR count). The number of nitrogens with one attached hydrogen (secondary N) is 1. The first-order valence-corrected chi connectivity index (χ1v) is 7.81. The number of hydrogen-bond acceptors (Lipinski definition) is 3. The molecule has 0 amide bonds. The average molecular weight is 349 g/mol.